The number of halogens is 1. The highest BCUT2D eigenvalue weighted by molar-refractivity contribution is 9.10. The van der Waals surface area contributed by atoms with E-state index in [1.807, 2.05) is 6.92 Å². The molecule has 14 heavy (non-hydrogen) atoms. The zero-order chi connectivity index (χ0) is 10.7. The molecule has 0 saturated carbocycles. The van der Waals surface area contributed by atoms with Crippen LogP contribution in [0.3, 0.4) is 0 Å². The molecule has 78 valence electrons. The Balaban J connectivity index is 3.04. The lowest BCUT2D eigenvalue weighted by Gasteiger charge is -2.07. The average Bonchev–Trinajstić information content (AvgIpc) is 2.47. The number of ketones is 1. The summed E-state index contributed by atoms with van der Waals surface area (Å²) in [7, 11) is 0. The topological polar surface area (TPSA) is 60.9 Å². The van der Waals surface area contributed by atoms with Crippen LogP contribution in [0.5, 0.6) is 0 Å². The summed E-state index contributed by atoms with van der Waals surface area (Å²) in [5.74, 6) is -0.0807. The fourth-order valence-electron chi connectivity index (χ4n) is 1.20. The molecule has 1 atom stereocenters. The van der Waals surface area contributed by atoms with Crippen LogP contribution in [0.15, 0.2) is 10.7 Å². The summed E-state index contributed by atoms with van der Waals surface area (Å²) in [6, 6.07) is -0.487. The zero-order valence-electron chi connectivity index (χ0n) is 8.33. The van der Waals surface area contributed by atoms with Crippen molar-refractivity contribution in [3.63, 3.8) is 0 Å². The molecule has 0 spiro atoms. The second-order valence-corrected chi connectivity index (χ2v) is 4.07. The van der Waals surface area contributed by atoms with E-state index < -0.39 is 6.04 Å². The average molecular weight is 260 g/mol. The zero-order valence-corrected chi connectivity index (χ0v) is 9.91. The van der Waals surface area contributed by atoms with Gasteiger partial charge in [-0.2, -0.15) is 5.10 Å². The second-order valence-electron chi connectivity index (χ2n) is 3.22. The van der Waals surface area contributed by atoms with E-state index >= 15 is 0 Å². The van der Waals surface area contributed by atoms with E-state index in [1.54, 1.807) is 17.8 Å². The maximum Gasteiger partial charge on any atom is 0.198 e. The van der Waals surface area contributed by atoms with Gasteiger partial charge >= 0.3 is 0 Å². The lowest BCUT2D eigenvalue weighted by Crippen LogP contribution is -2.29. The van der Waals surface area contributed by atoms with Gasteiger partial charge < -0.3 is 5.73 Å². The third-order valence-corrected chi connectivity index (χ3v) is 2.46. The largest absolute Gasteiger partial charge is 0.321 e. The maximum absolute atomic E-state index is 11.7. The molecule has 0 aliphatic heterocycles. The molecule has 0 bridgehead atoms. The molecule has 1 heterocycles. The summed E-state index contributed by atoms with van der Waals surface area (Å²) in [5.41, 5.74) is 6.12. The van der Waals surface area contributed by atoms with Crippen LogP contribution >= 0.6 is 15.9 Å². The number of hydrogen-bond acceptors (Lipinski definition) is 3. The molecule has 0 aliphatic carbocycles. The summed E-state index contributed by atoms with van der Waals surface area (Å²) < 4.78 is 2.41. The number of nitrogens with zero attached hydrogens (tertiary/aromatic N) is 2. The Morgan fingerprint density at radius 3 is 2.93 bits per heavy atom. The third-order valence-electron chi connectivity index (χ3n) is 1.88. The first kappa shape index (κ1) is 11.4. The Hall–Kier alpha value is -0.680. The summed E-state index contributed by atoms with van der Waals surface area (Å²) in [6.07, 6.45) is 2.57. The number of carbonyl (C=O) groups excluding carboxylic acids is 1. The Bertz CT molecular complexity index is 333. The van der Waals surface area contributed by atoms with Crippen molar-refractivity contribution in [1.82, 2.24) is 9.78 Å². The number of rotatable bonds is 4. The van der Waals surface area contributed by atoms with Crippen molar-refractivity contribution in [2.75, 3.05) is 0 Å². The van der Waals surface area contributed by atoms with Crippen LogP contribution < -0.4 is 5.73 Å². The van der Waals surface area contributed by atoms with Crippen LogP contribution in [0, 0.1) is 0 Å². The normalized spacial score (nSPS) is 12.9. The van der Waals surface area contributed by atoms with Gasteiger partial charge in [0.25, 0.3) is 0 Å². The molecular formula is C9H14BrN3O. The molecule has 5 heteroatoms. The lowest BCUT2D eigenvalue weighted by molar-refractivity contribution is 0.0956. The van der Waals surface area contributed by atoms with E-state index in [1.165, 1.54) is 0 Å². The van der Waals surface area contributed by atoms with Crippen molar-refractivity contribution in [3.8, 4) is 0 Å². The first-order valence-electron chi connectivity index (χ1n) is 4.59. The molecular weight excluding hydrogens is 246 g/mol. The maximum atomic E-state index is 11.7. The highest BCUT2D eigenvalue weighted by Gasteiger charge is 2.19. The Morgan fingerprint density at radius 2 is 2.43 bits per heavy atom. The molecule has 0 fully saturated rings. The van der Waals surface area contributed by atoms with E-state index in [4.69, 9.17) is 5.73 Å². The van der Waals surface area contributed by atoms with Crippen molar-refractivity contribution in [2.45, 2.75) is 32.9 Å². The van der Waals surface area contributed by atoms with E-state index in [0.717, 1.165) is 13.0 Å². The first-order chi connectivity index (χ1) is 6.57. The fraction of sp³-hybridized carbons (Fsp3) is 0.556. The summed E-state index contributed by atoms with van der Waals surface area (Å²) in [5, 5.41) is 4.10. The number of nitrogens with two attached hydrogens (primary N) is 1. The molecule has 1 aromatic heterocycles. The number of hydrogen-bond donors (Lipinski definition) is 1. The second kappa shape index (κ2) is 4.70. The van der Waals surface area contributed by atoms with Gasteiger partial charge in [0.1, 0.15) is 5.69 Å². The Labute approximate surface area is 91.6 Å². The number of aryl methyl sites for hydroxylation is 1. The third kappa shape index (κ3) is 2.22. The first-order valence-corrected chi connectivity index (χ1v) is 5.38. The van der Waals surface area contributed by atoms with E-state index in [-0.39, 0.29) is 5.78 Å². The van der Waals surface area contributed by atoms with E-state index in [2.05, 4.69) is 21.0 Å². The Kier molecular flexibility index (Phi) is 3.83. The minimum absolute atomic E-state index is 0.0807. The molecule has 1 unspecified atom stereocenters. The van der Waals surface area contributed by atoms with Gasteiger partial charge in [-0.15, -0.1) is 0 Å². The number of Topliss-reactive ketones (excluding diaryl/α,β-unsaturated/α-hetero) is 1. The number of aromatic nitrogens is 2. The molecule has 0 saturated heterocycles. The fourth-order valence-corrected chi connectivity index (χ4v) is 1.70. The van der Waals surface area contributed by atoms with Crippen LogP contribution in [0.2, 0.25) is 0 Å². The standard InChI is InChI=1S/C9H14BrN3O/c1-3-4-13-8(7(10)5-12-13)9(14)6(2)11/h5-6H,3-4,11H2,1-2H3. The van der Waals surface area contributed by atoms with E-state index in [9.17, 15) is 4.79 Å². The predicted octanol–water partition coefficient (Wildman–Crippen LogP) is 1.59. The van der Waals surface area contributed by atoms with Gasteiger partial charge in [0.05, 0.1) is 16.7 Å². The minimum Gasteiger partial charge on any atom is -0.321 e. The highest BCUT2D eigenvalue weighted by Crippen LogP contribution is 2.17. The summed E-state index contributed by atoms with van der Waals surface area (Å²) in [6.45, 7) is 4.45. The molecule has 0 aromatic carbocycles. The Morgan fingerprint density at radius 1 is 1.79 bits per heavy atom. The minimum atomic E-state index is -0.487. The van der Waals surface area contributed by atoms with Crippen molar-refractivity contribution in [2.24, 2.45) is 5.73 Å². The summed E-state index contributed by atoms with van der Waals surface area (Å²) in [4.78, 5) is 11.7. The van der Waals surface area contributed by atoms with Crippen molar-refractivity contribution < 1.29 is 4.79 Å². The van der Waals surface area contributed by atoms with Gasteiger partial charge in [0.2, 0.25) is 0 Å². The van der Waals surface area contributed by atoms with Gasteiger partial charge in [-0.05, 0) is 29.3 Å². The lowest BCUT2D eigenvalue weighted by atomic mass is 10.1. The smallest absolute Gasteiger partial charge is 0.198 e. The van der Waals surface area contributed by atoms with Crippen LogP contribution in [-0.4, -0.2) is 21.6 Å². The molecule has 0 amide bonds. The van der Waals surface area contributed by atoms with Gasteiger partial charge in [-0.25, -0.2) is 0 Å². The SMILES string of the molecule is CCCn1ncc(Br)c1C(=O)C(C)N. The van der Waals surface area contributed by atoms with Gasteiger partial charge in [0, 0.05) is 6.54 Å². The molecule has 1 rings (SSSR count). The quantitative estimate of drug-likeness (QED) is 0.836. The monoisotopic (exact) mass is 259 g/mol. The van der Waals surface area contributed by atoms with Crippen LogP contribution in [0.25, 0.3) is 0 Å². The molecule has 2 N–H and O–H groups in total. The molecule has 0 aliphatic rings. The molecule has 4 nitrogen and oxygen atoms in total. The molecule has 0 radical (unpaired) electrons. The van der Waals surface area contributed by atoms with E-state index in [0.29, 0.717) is 10.2 Å². The van der Waals surface area contributed by atoms with Gasteiger partial charge in [-0.1, -0.05) is 6.92 Å². The van der Waals surface area contributed by atoms with Gasteiger partial charge in [-0.3, -0.25) is 9.48 Å². The predicted molar refractivity (Wildman–Crippen MR) is 58.2 cm³/mol. The highest BCUT2D eigenvalue weighted by atomic mass is 79.9. The van der Waals surface area contributed by atoms with Crippen molar-refractivity contribution in [3.05, 3.63) is 16.4 Å². The molecule has 1 aromatic rings. The van der Waals surface area contributed by atoms with Crippen LogP contribution in [0.1, 0.15) is 30.8 Å². The van der Waals surface area contributed by atoms with Crippen molar-refractivity contribution >= 4 is 21.7 Å². The van der Waals surface area contributed by atoms with Crippen LogP contribution in [0.4, 0.5) is 0 Å². The van der Waals surface area contributed by atoms with Gasteiger partial charge in [0.15, 0.2) is 5.78 Å². The summed E-state index contributed by atoms with van der Waals surface area (Å²) >= 11 is 3.30. The van der Waals surface area contributed by atoms with Crippen molar-refractivity contribution in [1.29, 1.82) is 0 Å². The number of carbonyl (C=O) groups is 1. The van der Waals surface area contributed by atoms with Crippen LogP contribution in [-0.2, 0) is 6.54 Å².